The molecule has 0 radical (unpaired) electrons. The Labute approximate surface area is 125 Å². The molecule has 0 aromatic rings. The van der Waals surface area contributed by atoms with Gasteiger partial charge in [-0.2, -0.15) is 0 Å². The second-order valence-corrected chi connectivity index (χ2v) is 12.9. The van der Waals surface area contributed by atoms with Crippen molar-refractivity contribution in [3.8, 4) is 0 Å². The van der Waals surface area contributed by atoms with E-state index in [0.29, 0.717) is 19.1 Å². The molecule has 0 spiro atoms. The molecule has 1 saturated heterocycles. The third kappa shape index (κ3) is 4.27. The topological polar surface area (TPSA) is 68.0 Å². The lowest BCUT2D eigenvalue weighted by Crippen LogP contribution is -2.51. The van der Waals surface area contributed by atoms with Gasteiger partial charge in [0.15, 0.2) is 8.32 Å². The highest BCUT2D eigenvalue weighted by Gasteiger charge is 2.55. The van der Waals surface area contributed by atoms with Gasteiger partial charge in [-0.05, 0) is 30.5 Å². The average molecular weight is 304 g/mol. The zero-order chi connectivity index (χ0) is 15.8. The molecular formula is C15H33NO3Si. The fraction of sp³-hybridized carbons (Fsp3) is 1.00. The van der Waals surface area contributed by atoms with Gasteiger partial charge in [-0.25, -0.2) is 0 Å². The van der Waals surface area contributed by atoms with E-state index in [1.54, 1.807) is 0 Å². The molecule has 1 heterocycles. The lowest BCUT2D eigenvalue weighted by molar-refractivity contribution is 0.0196. The van der Waals surface area contributed by atoms with Gasteiger partial charge < -0.3 is 20.0 Å². The van der Waals surface area contributed by atoms with E-state index >= 15 is 0 Å². The summed E-state index contributed by atoms with van der Waals surface area (Å²) in [5, 5.41) is 10.6. The summed E-state index contributed by atoms with van der Waals surface area (Å²) < 4.78 is 11.7. The predicted octanol–water partition coefficient (Wildman–Crippen LogP) is 2.51. The molecule has 1 fully saturated rings. The van der Waals surface area contributed by atoms with Crippen LogP contribution in [0.5, 0.6) is 0 Å². The van der Waals surface area contributed by atoms with Gasteiger partial charge in [0.2, 0.25) is 0 Å². The van der Waals surface area contributed by atoms with Crippen LogP contribution in [0.25, 0.3) is 0 Å². The Bertz CT molecular complexity index is 322. The fourth-order valence-corrected chi connectivity index (χ4v) is 3.05. The van der Waals surface area contributed by atoms with Crippen LogP contribution in [0.3, 0.4) is 0 Å². The Hall–Kier alpha value is 0.0569. The molecule has 20 heavy (non-hydrogen) atoms. The van der Waals surface area contributed by atoms with Crippen LogP contribution in [0, 0.1) is 5.92 Å². The van der Waals surface area contributed by atoms with E-state index in [1.165, 1.54) is 0 Å². The van der Waals surface area contributed by atoms with Crippen LogP contribution in [-0.4, -0.2) is 44.4 Å². The normalized spacial score (nSPS) is 26.7. The van der Waals surface area contributed by atoms with Gasteiger partial charge in [0.25, 0.3) is 0 Å². The van der Waals surface area contributed by atoms with E-state index in [2.05, 4.69) is 47.7 Å². The second kappa shape index (κ2) is 6.05. The number of epoxide rings is 1. The molecule has 120 valence electrons. The Balaban J connectivity index is 2.59. The highest BCUT2D eigenvalue weighted by atomic mass is 28.4. The van der Waals surface area contributed by atoms with Gasteiger partial charge in [0.1, 0.15) is 11.7 Å². The summed E-state index contributed by atoms with van der Waals surface area (Å²) in [6, 6.07) is -0.250. The van der Waals surface area contributed by atoms with Crippen LogP contribution in [-0.2, 0) is 9.16 Å². The van der Waals surface area contributed by atoms with Crippen molar-refractivity contribution in [1.29, 1.82) is 0 Å². The van der Waals surface area contributed by atoms with E-state index in [-0.39, 0.29) is 11.1 Å². The highest BCUT2D eigenvalue weighted by molar-refractivity contribution is 6.74. The zero-order valence-corrected chi connectivity index (χ0v) is 15.2. The summed E-state index contributed by atoms with van der Waals surface area (Å²) in [7, 11) is -1.82. The fourth-order valence-electron chi connectivity index (χ4n) is 2.01. The van der Waals surface area contributed by atoms with Crippen molar-refractivity contribution in [3.05, 3.63) is 0 Å². The van der Waals surface area contributed by atoms with Crippen molar-refractivity contribution in [1.82, 2.24) is 0 Å². The first-order valence-electron chi connectivity index (χ1n) is 7.63. The molecule has 0 aromatic carbocycles. The molecule has 0 bridgehead atoms. The summed E-state index contributed by atoms with van der Waals surface area (Å²) in [5.74, 6) is 0.469. The Morgan fingerprint density at radius 2 is 1.85 bits per heavy atom. The van der Waals surface area contributed by atoms with E-state index in [9.17, 15) is 5.11 Å². The molecule has 2 unspecified atom stereocenters. The van der Waals surface area contributed by atoms with Crippen molar-refractivity contribution in [2.24, 2.45) is 11.7 Å². The Kier molecular flexibility index (Phi) is 5.47. The summed E-state index contributed by atoms with van der Waals surface area (Å²) in [5.41, 5.74) is 5.53. The summed E-state index contributed by atoms with van der Waals surface area (Å²) >= 11 is 0. The number of rotatable bonds is 7. The number of hydrogen-bond acceptors (Lipinski definition) is 4. The maximum absolute atomic E-state index is 10.4. The summed E-state index contributed by atoms with van der Waals surface area (Å²) in [6.45, 7) is 16.3. The van der Waals surface area contributed by atoms with Crippen molar-refractivity contribution >= 4 is 8.32 Å². The molecule has 3 atom stereocenters. The molecule has 0 aromatic heterocycles. The minimum Gasteiger partial charge on any atom is -0.414 e. The van der Waals surface area contributed by atoms with Gasteiger partial charge in [0.05, 0.1) is 13.2 Å². The molecule has 0 amide bonds. The SMILES string of the molecule is CC(C)CC(N)[C@H](O)C1(CO[Si](C)(C)C(C)(C)C)CO1. The van der Waals surface area contributed by atoms with Gasteiger partial charge in [-0.3, -0.25) is 0 Å². The second-order valence-electron chi connectivity index (χ2n) is 8.14. The third-order valence-corrected chi connectivity index (χ3v) is 9.17. The first-order valence-corrected chi connectivity index (χ1v) is 10.5. The van der Waals surface area contributed by atoms with E-state index in [1.807, 2.05) is 0 Å². The summed E-state index contributed by atoms with van der Waals surface area (Å²) in [4.78, 5) is 0. The van der Waals surface area contributed by atoms with Crippen molar-refractivity contribution in [2.45, 2.75) is 76.9 Å². The molecular weight excluding hydrogens is 270 g/mol. The van der Waals surface area contributed by atoms with Gasteiger partial charge >= 0.3 is 0 Å². The van der Waals surface area contributed by atoms with Crippen LogP contribution in [0.2, 0.25) is 18.1 Å². The maximum Gasteiger partial charge on any atom is 0.192 e. The van der Waals surface area contributed by atoms with Crippen molar-refractivity contribution in [3.63, 3.8) is 0 Å². The largest absolute Gasteiger partial charge is 0.414 e. The van der Waals surface area contributed by atoms with Crippen LogP contribution >= 0.6 is 0 Å². The Morgan fingerprint density at radius 1 is 1.35 bits per heavy atom. The number of ether oxygens (including phenoxy) is 1. The minimum absolute atomic E-state index is 0.161. The van der Waals surface area contributed by atoms with Crippen LogP contribution in [0.1, 0.15) is 41.0 Å². The van der Waals surface area contributed by atoms with Crippen LogP contribution in [0.15, 0.2) is 0 Å². The average Bonchev–Trinajstić information content (AvgIpc) is 3.04. The lowest BCUT2D eigenvalue weighted by Gasteiger charge is -2.38. The predicted molar refractivity (Wildman–Crippen MR) is 85.3 cm³/mol. The van der Waals surface area contributed by atoms with E-state index in [4.69, 9.17) is 14.9 Å². The van der Waals surface area contributed by atoms with Crippen LogP contribution < -0.4 is 5.73 Å². The Morgan fingerprint density at radius 3 is 2.20 bits per heavy atom. The third-order valence-electron chi connectivity index (χ3n) is 4.69. The van der Waals surface area contributed by atoms with E-state index in [0.717, 1.165) is 6.42 Å². The summed E-state index contributed by atoms with van der Waals surface area (Å²) in [6.07, 6.45) is 0.154. The lowest BCUT2D eigenvalue weighted by atomic mass is 9.92. The molecule has 4 nitrogen and oxygen atoms in total. The minimum atomic E-state index is -1.82. The smallest absolute Gasteiger partial charge is 0.192 e. The highest BCUT2D eigenvalue weighted by Crippen LogP contribution is 2.40. The molecule has 1 aliphatic heterocycles. The van der Waals surface area contributed by atoms with E-state index < -0.39 is 20.0 Å². The monoisotopic (exact) mass is 303 g/mol. The quantitative estimate of drug-likeness (QED) is 0.560. The number of aliphatic hydroxyl groups is 1. The molecule has 1 rings (SSSR count). The van der Waals surface area contributed by atoms with Gasteiger partial charge in [0, 0.05) is 6.04 Å². The van der Waals surface area contributed by atoms with Gasteiger partial charge in [-0.15, -0.1) is 0 Å². The van der Waals surface area contributed by atoms with Crippen molar-refractivity contribution < 1.29 is 14.3 Å². The molecule has 3 N–H and O–H groups in total. The molecule has 1 aliphatic rings. The van der Waals surface area contributed by atoms with Gasteiger partial charge in [-0.1, -0.05) is 34.6 Å². The first-order chi connectivity index (χ1) is 8.91. The standard InChI is InChI=1S/C15H33NO3Si/c1-11(2)8-12(16)13(17)15(9-18-15)10-19-20(6,7)14(3,4)5/h11-13,17H,8-10,16H2,1-7H3/t12?,13-,15?/m0/s1. The maximum atomic E-state index is 10.4. The number of hydrogen-bond donors (Lipinski definition) is 2. The van der Waals surface area contributed by atoms with Crippen LogP contribution in [0.4, 0.5) is 0 Å². The van der Waals surface area contributed by atoms with Crippen molar-refractivity contribution in [2.75, 3.05) is 13.2 Å². The zero-order valence-electron chi connectivity index (χ0n) is 14.2. The molecule has 0 saturated carbocycles. The first kappa shape index (κ1) is 18.1. The molecule has 5 heteroatoms. The number of aliphatic hydroxyl groups excluding tert-OH is 1. The molecule has 0 aliphatic carbocycles. The number of nitrogens with two attached hydrogens (primary N) is 1.